The minimum atomic E-state index is -0.198. The van der Waals surface area contributed by atoms with Crippen LogP contribution in [0.2, 0.25) is 0 Å². The molecule has 2 aromatic heterocycles. The van der Waals surface area contributed by atoms with Crippen molar-refractivity contribution in [1.82, 2.24) is 20.0 Å². The van der Waals surface area contributed by atoms with Gasteiger partial charge in [-0.15, -0.1) is 0 Å². The van der Waals surface area contributed by atoms with Crippen molar-refractivity contribution in [2.75, 3.05) is 13.1 Å². The van der Waals surface area contributed by atoms with Crippen molar-refractivity contribution >= 4 is 17.3 Å². The minimum Gasteiger partial charge on any atom is -0.355 e. The Hall–Kier alpha value is -2.37. The smallest absolute Gasteiger partial charge is 0.272 e. The fraction of sp³-hybridized carbons (Fsp3) is 0.400. The summed E-state index contributed by atoms with van der Waals surface area (Å²) in [5.41, 5.74) is 1.29. The quantitative estimate of drug-likeness (QED) is 0.808. The fourth-order valence-electron chi connectivity index (χ4n) is 2.36. The zero-order chi connectivity index (χ0) is 14.8. The molecule has 21 heavy (non-hydrogen) atoms. The fourth-order valence-corrected chi connectivity index (χ4v) is 2.36. The van der Waals surface area contributed by atoms with Gasteiger partial charge in [0.15, 0.2) is 5.69 Å². The molecule has 0 aromatic carbocycles. The Balaban J connectivity index is 1.76. The third-order valence-corrected chi connectivity index (χ3v) is 3.52. The summed E-state index contributed by atoms with van der Waals surface area (Å²) in [6, 6.07) is 5.75. The van der Waals surface area contributed by atoms with Crippen LogP contribution in [0.3, 0.4) is 0 Å². The lowest BCUT2D eigenvalue weighted by atomic mass is 10.3. The molecular weight excluding hydrogens is 268 g/mol. The number of fused-ring (bicyclic) bond motifs is 1. The molecule has 110 valence electrons. The number of hydrogen-bond donors (Lipinski definition) is 2. The van der Waals surface area contributed by atoms with Crippen molar-refractivity contribution in [3.8, 4) is 0 Å². The van der Waals surface area contributed by atoms with E-state index in [4.69, 9.17) is 0 Å². The predicted molar refractivity (Wildman–Crippen MR) is 78.2 cm³/mol. The number of carbonyl (C=O) groups is 2. The Morgan fingerprint density at radius 2 is 2.05 bits per heavy atom. The summed E-state index contributed by atoms with van der Waals surface area (Å²) in [5, 5.41) is 5.43. The normalized spacial score (nSPS) is 14.1. The van der Waals surface area contributed by atoms with Gasteiger partial charge in [0.1, 0.15) is 5.82 Å². The Morgan fingerprint density at radius 3 is 2.76 bits per heavy atom. The van der Waals surface area contributed by atoms with Crippen LogP contribution in [-0.2, 0) is 4.79 Å². The molecule has 3 rings (SSSR count). The lowest BCUT2D eigenvalue weighted by Gasteiger charge is -2.04. The highest BCUT2D eigenvalue weighted by molar-refractivity contribution is 5.99. The van der Waals surface area contributed by atoms with Gasteiger partial charge >= 0.3 is 0 Å². The third kappa shape index (κ3) is 2.89. The zero-order valence-corrected chi connectivity index (χ0v) is 11.9. The van der Waals surface area contributed by atoms with E-state index in [-0.39, 0.29) is 11.8 Å². The summed E-state index contributed by atoms with van der Waals surface area (Å²) in [4.78, 5) is 27.6. The van der Waals surface area contributed by atoms with E-state index in [0.717, 1.165) is 24.2 Å². The summed E-state index contributed by atoms with van der Waals surface area (Å²) < 4.78 is 2.00. The van der Waals surface area contributed by atoms with E-state index in [2.05, 4.69) is 15.6 Å². The predicted octanol–water partition coefficient (Wildman–Crippen LogP) is 1.08. The minimum absolute atomic E-state index is 0.104. The van der Waals surface area contributed by atoms with E-state index in [9.17, 15) is 9.59 Å². The number of nitrogens with zero attached hydrogens (tertiary/aromatic N) is 2. The summed E-state index contributed by atoms with van der Waals surface area (Å²) >= 11 is 0. The largest absolute Gasteiger partial charge is 0.355 e. The Kier molecular flexibility index (Phi) is 3.60. The van der Waals surface area contributed by atoms with Crippen LogP contribution in [-0.4, -0.2) is 34.3 Å². The van der Waals surface area contributed by atoms with E-state index in [1.54, 1.807) is 0 Å². The number of imidazole rings is 1. The molecule has 0 unspecified atom stereocenters. The molecule has 0 bridgehead atoms. The summed E-state index contributed by atoms with van der Waals surface area (Å²) in [5.74, 6) is 1.14. The molecule has 0 radical (unpaired) electrons. The van der Waals surface area contributed by atoms with Crippen molar-refractivity contribution in [3.63, 3.8) is 0 Å². The molecule has 1 aliphatic rings. The number of amides is 2. The standard InChI is InChI=1S/C15H18N4O2/c1-10(20)16-7-8-17-15(21)13-12-4-2-3-9-19(12)14(18-13)11-5-6-11/h2-4,9,11H,5-8H2,1H3,(H,16,20)(H,17,21). The maximum Gasteiger partial charge on any atom is 0.272 e. The second kappa shape index (κ2) is 5.55. The summed E-state index contributed by atoms with van der Waals surface area (Å²) in [6.07, 6.45) is 4.22. The van der Waals surface area contributed by atoms with Gasteiger partial charge in [0.2, 0.25) is 5.91 Å². The first kappa shape index (κ1) is 13.6. The van der Waals surface area contributed by atoms with Gasteiger partial charge in [-0.3, -0.25) is 9.59 Å². The molecule has 0 atom stereocenters. The number of aromatic nitrogens is 2. The lowest BCUT2D eigenvalue weighted by molar-refractivity contribution is -0.118. The van der Waals surface area contributed by atoms with Gasteiger partial charge in [0, 0.05) is 32.1 Å². The van der Waals surface area contributed by atoms with Gasteiger partial charge in [-0.05, 0) is 25.0 Å². The monoisotopic (exact) mass is 286 g/mol. The highest BCUT2D eigenvalue weighted by Gasteiger charge is 2.30. The van der Waals surface area contributed by atoms with Crippen molar-refractivity contribution in [2.45, 2.75) is 25.7 Å². The Labute approximate surface area is 122 Å². The summed E-state index contributed by atoms with van der Waals surface area (Å²) in [7, 11) is 0. The average Bonchev–Trinajstić information content (AvgIpc) is 3.24. The molecule has 2 N–H and O–H groups in total. The third-order valence-electron chi connectivity index (χ3n) is 3.52. The van der Waals surface area contributed by atoms with E-state index in [1.165, 1.54) is 6.92 Å². The zero-order valence-electron chi connectivity index (χ0n) is 11.9. The van der Waals surface area contributed by atoms with Crippen LogP contribution in [0.15, 0.2) is 24.4 Å². The first-order chi connectivity index (χ1) is 10.2. The van der Waals surface area contributed by atoms with Crippen molar-refractivity contribution in [1.29, 1.82) is 0 Å². The molecule has 6 heteroatoms. The number of hydrogen-bond acceptors (Lipinski definition) is 3. The van der Waals surface area contributed by atoms with Crippen LogP contribution in [0.5, 0.6) is 0 Å². The molecule has 0 aliphatic heterocycles. The SMILES string of the molecule is CC(=O)NCCNC(=O)c1nc(C2CC2)n2ccccc12. The highest BCUT2D eigenvalue weighted by atomic mass is 16.2. The van der Waals surface area contributed by atoms with Gasteiger partial charge in [-0.2, -0.15) is 0 Å². The molecule has 0 saturated heterocycles. The molecule has 2 heterocycles. The first-order valence-corrected chi connectivity index (χ1v) is 7.16. The summed E-state index contributed by atoms with van der Waals surface area (Å²) in [6.45, 7) is 2.26. The van der Waals surface area contributed by atoms with Crippen LogP contribution in [0.1, 0.15) is 42.0 Å². The van der Waals surface area contributed by atoms with E-state index < -0.39 is 0 Å². The Bertz CT molecular complexity index is 688. The van der Waals surface area contributed by atoms with Crippen molar-refractivity contribution in [2.24, 2.45) is 0 Å². The average molecular weight is 286 g/mol. The molecule has 2 amide bonds. The molecule has 6 nitrogen and oxygen atoms in total. The van der Waals surface area contributed by atoms with Crippen molar-refractivity contribution in [3.05, 3.63) is 35.9 Å². The van der Waals surface area contributed by atoms with Crippen LogP contribution in [0, 0.1) is 0 Å². The van der Waals surface area contributed by atoms with E-state index in [1.807, 2.05) is 28.8 Å². The molecule has 1 aliphatic carbocycles. The van der Waals surface area contributed by atoms with Gasteiger partial charge in [-0.25, -0.2) is 4.98 Å². The van der Waals surface area contributed by atoms with Crippen LogP contribution < -0.4 is 10.6 Å². The molecular formula is C15H18N4O2. The lowest BCUT2D eigenvalue weighted by Crippen LogP contribution is -2.33. The van der Waals surface area contributed by atoms with Crippen LogP contribution in [0.4, 0.5) is 0 Å². The van der Waals surface area contributed by atoms with E-state index in [0.29, 0.717) is 24.7 Å². The van der Waals surface area contributed by atoms with Crippen molar-refractivity contribution < 1.29 is 9.59 Å². The van der Waals surface area contributed by atoms with E-state index >= 15 is 0 Å². The van der Waals surface area contributed by atoms with Gasteiger partial charge in [0.25, 0.3) is 5.91 Å². The topological polar surface area (TPSA) is 75.5 Å². The van der Waals surface area contributed by atoms with Gasteiger partial charge in [0.05, 0.1) is 5.52 Å². The molecule has 2 aromatic rings. The van der Waals surface area contributed by atoms with Gasteiger partial charge < -0.3 is 15.0 Å². The maximum absolute atomic E-state index is 12.3. The highest BCUT2D eigenvalue weighted by Crippen LogP contribution is 2.39. The second-order valence-corrected chi connectivity index (χ2v) is 5.29. The molecule has 1 fully saturated rings. The molecule has 0 spiro atoms. The van der Waals surface area contributed by atoms with Crippen LogP contribution in [0.25, 0.3) is 5.52 Å². The number of carbonyl (C=O) groups excluding carboxylic acids is 2. The Morgan fingerprint density at radius 1 is 1.29 bits per heavy atom. The number of pyridine rings is 1. The van der Waals surface area contributed by atoms with Crippen LogP contribution >= 0.6 is 0 Å². The maximum atomic E-state index is 12.3. The van der Waals surface area contributed by atoms with Gasteiger partial charge in [-0.1, -0.05) is 6.07 Å². The number of nitrogens with one attached hydrogen (secondary N) is 2. The number of rotatable bonds is 5. The second-order valence-electron chi connectivity index (χ2n) is 5.29. The first-order valence-electron chi connectivity index (χ1n) is 7.16. The molecule has 1 saturated carbocycles.